The lowest BCUT2D eigenvalue weighted by Gasteiger charge is -2.08. The first kappa shape index (κ1) is 16.1. The van der Waals surface area contributed by atoms with Gasteiger partial charge in [0.15, 0.2) is 5.52 Å². The number of aryl methyl sites for hydroxylation is 2. The molecule has 0 unspecified atom stereocenters. The predicted octanol–water partition coefficient (Wildman–Crippen LogP) is 5.15. The van der Waals surface area contributed by atoms with Crippen molar-refractivity contribution in [3.63, 3.8) is 0 Å². The van der Waals surface area contributed by atoms with Crippen molar-refractivity contribution in [1.29, 1.82) is 0 Å². The minimum atomic E-state index is 0.913. The molecule has 4 aromatic rings. The molecule has 132 valence electrons. The van der Waals surface area contributed by atoms with Crippen LogP contribution in [0.25, 0.3) is 38.8 Å². The van der Waals surface area contributed by atoms with Crippen LogP contribution in [0.1, 0.15) is 30.4 Å². The second-order valence-corrected chi connectivity index (χ2v) is 7.40. The summed E-state index contributed by atoms with van der Waals surface area (Å²) in [5.41, 5.74) is 7.01. The summed E-state index contributed by atoms with van der Waals surface area (Å²) in [7, 11) is 1.98. The van der Waals surface area contributed by atoms with Gasteiger partial charge in [0.1, 0.15) is 7.05 Å². The summed E-state index contributed by atoms with van der Waals surface area (Å²) < 4.78 is 1.91. The molecule has 0 atom stereocenters. The van der Waals surface area contributed by atoms with Gasteiger partial charge in [0.25, 0.3) is 0 Å². The first-order valence-corrected chi connectivity index (χ1v) is 9.56. The summed E-state index contributed by atoms with van der Waals surface area (Å²) in [5.74, 6) is 0.913. The SMILES string of the molecule is Cc1ccc(C2=CCCC2)cc1-c1nc2cc3ccccc3cc2n[n+]1C. The summed E-state index contributed by atoms with van der Waals surface area (Å²) in [4.78, 5) is 5.00. The van der Waals surface area contributed by atoms with Crippen LogP contribution in [-0.4, -0.2) is 10.1 Å². The second-order valence-electron chi connectivity index (χ2n) is 7.40. The second kappa shape index (κ2) is 6.27. The van der Waals surface area contributed by atoms with E-state index >= 15 is 0 Å². The molecule has 0 bridgehead atoms. The first-order valence-electron chi connectivity index (χ1n) is 9.56. The molecular weight excluding hydrogens is 330 g/mol. The van der Waals surface area contributed by atoms with Crippen molar-refractivity contribution in [1.82, 2.24) is 10.1 Å². The van der Waals surface area contributed by atoms with Gasteiger partial charge in [-0.25, -0.2) is 0 Å². The maximum absolute atomic E-state index is 5.00. The highest BCUT2D eigenvalue weighted by Gasteiger charge is 2.20. The number of rotatable bonds is 2. The molecule has 0 fully saturated rings. The summed E-state index contributed by atoms with van der Waals surface area (Å²) in [5, 5.41) is 7.20. The molecule has 0 radical (unpaired) electrons. The molecule has 5 rings (SSSR count). The Morgan fingerprint density at radius 2 is 1.70 bits per heavy atom. The summed E-state index contributed by atoms with van der Waals surface area (Å²) in [6.07, 6.45) is 5.99. The van der Waals surface area contributed by atoms with E-state index in [1.165, 1.54) is 46.7 Å². The Kier molecular flexibility index (Phi) is 3.75. The third-order valence-corrected chi connectivity index (χ3v) is 5.52. The van der Waals surface area contributed by atoms with Gasteiger partial charge in [-0.15, -0.1) is 4.68 Å². The van der Waals surface area contributed by atoms with E-state index in [0.717, 1.165) is 22.4 Å². The summed E-state index contributed by atoms with van der Waals surface area (Å²) >= 11 is 0. The van der Waals surface area contributed by atoms with E-state index in [1.807, 2.05) is 11.7 Å². The van der Waals surface area contributed by atoms with Gasteiger partial charge in [-0.05, 0) is 76.8 Å². The van der Waals surface area contributed by atoms with Crippen LogP contribution in [0.15, 0.2) is 60.7 Å². The molecule has 3 heteroatoms. The fourth-order valence-electron chi connectivity index (χ4n) is 4.01. The van der Waals surface area contributed by atoms with Crippen LogP contribution in [-0.2, 0) is 7.05 Å². The fourth-order valence-corrected chi connectivity index (χ4v) is 4.01. The maximum Gasteiger partial charge on any atom is 0.351 e. The van der Waals surface area contributed by atoms with Crippen LogP contribution < -0.4 is 4.68 Å². The molecule has 0 N–H and O–H groups in total. The number of hydrogen-bond acceptors (Lipinski definition) is 2. The van der Waals surface area contributed by atoms with E-state index in [-0.39, 0.29) is 0 Å². The number of nitrogens with zero attached hydrogens (tertiary/aromatic N) is 3. The Hall–Kier alpha value is -3.07. The van der Waals surface area contributed by atoms with Gasteiger partial charge in [0.2, 0.25) is 5.52 Å². The first-order chi connectivity index (χ1) is 13.2. The van der Waals surface area contributed by atoms with E-state index in [9.17, 15) is 0 Å². The highest BCUT2D eigenvalue weighted by Crippen LogP contribution is 2.31. The van der Waals surface area contributed by atoms with Gasteiger partial charge >= 0.3 is 5.82 Å². The normalized spacial score (nSPS) is 14.1. The van der Waals surface area contributed by atoms with E-state index in [4.69, 9.17) is 10.1 Å². The maximum atomic E-state index is 5.00. The molecular formula is C24H22N3+. The van der Waals surface area contributed by atoms with Gasteiger partial charge in [0, 0.05) is 0 Å². The number of allylic oxidation sites excluding steroid dienone is 2. The Morgan fingerprint density at radius 1 is 0.926 bits per heavy atom. The lowest BCUT2D eigenvalue weighted by atomic mass is 9.99. The van der Waals surface area contributed by atoms with Crippen LogP contribution >= 0.6 is 0 Å². The zero-order valence-electron chi connectivity index (χ0n) is 15.7. The van der Waals surface area contributed by atoms with E-state index in [0.29, 0.717) is 0 Å². The molecule has 0 aliphatic heterocycles. The van der Waals surface area contributed by atoms with Crippen LogP contribution in [0.3, 0.4) is 0 Å². The minimum Gasteiger partial charge on any atom is -0.133 e. The minimum absolute atomic E-state index is 0.913. The summed E-state index contributed by atoms with van der Waals surface area (Å²) in [6.45, 7) is 2.15. The van der Waals surface area contributed by atoms with Gasteiger partial charge in [-0.1, -0.05) is 47.6 Å². The van der Waals surface area contributed by atoms with Crippen molar-refractivity contribution in [3.05, 3.63) is 71.8 Å². The molecule has 0 saturated heterocycles. The van der Waals surface area contributed by atoms with Gasteiger partial charge in [-0.3, -0.25) is 0 Å². The molecule has 3 aromatic carbocycles. The van der Waals surface area contributed by atoms with E-state index in [2.05, 4.69) is 67.6 Å². The van der Waals surface area contributed by atoms with Crippen LogP contribution in [0, 0.1) is 6.92 Å². The van der Waals surface area contributed by atoms with Gasteiger partial charge < -0.3 is 0 Å². The Balaban J connectivity index is 1.71. The Labute approximate surface area is 159 Å². The monoisotopic (exact) mass is 352 g/mol. The van der Waals surface area contributed by atoms with Crippen LogP contribution in [0.2, 0.25) is 0 Å². The number of benzene rings is 3. The predicted molar refractivity (Wildman–Crippen MR) is 110 cm³/mol. The smallest absolute Gasteiger partial charge is 0.133 e. The molecule has 0 amide bonds. The number of aromatic nitrogens is 3. The molecule has 1 heterocycles. The molecule has 1 aliphatic rings. The van der Waals surface area contributed by atoms with Crippen molar-refractivity contribution < 1.29 is 4.68 Å². The zero-order chi connectivity index (χ0) is 18.4. The lowest BCUT2D eigenvalue weighted by molar-refractivity contribution is -0.720. The molecule has 27 heavy (non-hydrogen) atoms. The standard InChI is InChI=1S/C24H22N3/c1-16-11-12-20(17-7-3-4-8-17)13-21(16)24-25-22-14-18-9-5-6-10-19(18)15-23(22)26-27(24)2/h5-7,9-15H,3-4,8H2,1-2H3/q+1. The average Bonchev–Trinajstić information content (AvgIpc) is 3.21. The highest BCUT2D eigenvalue weighted by atomic mass is 15.3. The molecule has 3 nitrogen and oxygen atoms in total. The van der Waals surface area contributed by atoms with Crippen molar-refractivity contribution in [2.75, 3.05) is 0 Å². The zero-order valence-corrected chi connectivity index (χ0v) is 15.7. The van der Waals surface area contributed by atoms with Gasteiger partial charge in [-0.2, -0.15) is 0 Å². The van der Waals surface area contributed by atoms with E-state index < -0.39 is 0 Å². The quantitative estimate of drug-likeness (QED) is 0.369. The Bertz CT molecular complexity index is 1220. The molecule has 0 spiro atoms. The van der Waals surface area contributed by atoms with Crippen molar-refractivity contribution in [3.8, 4) is 11.4 Å². The highest BCUT2D eigenvalue weighted by molar-refractivity contribution is 5.94. The van der Waals surface area contributed by atoms with Gasteiger partial charge in [0.05, 0.1) is 5.56 Å². The van der Waals surface area contributed by atoms with Crippen molar-refractivity contribution >= 4 is 27.4 Å². The average molecular weight is 352 g/mol. The molecule has 1 aromatic heterocycles. The van der Waals surface area contributed by atoms with E-state index in [1.54, 1.807) is 0 Å². The largest absolute Gasteiger partial charge is 0.351 e. The fraction of sp³-hybridized carbons (Fsp3) is 0.208. The Morgan fingerprint density at radius 3 is 2.44 bits per heavy atom. The number of hydrogen-bond donors (Lipinski definition) is 0. The lowest BCUT2D eigenvalue weighted by Crippen LogP contribution is -2.37. The molecule has 0 saturated carbocycles. The van der Waals surface area contributed by atoms with Crippen LogP contribution in [0.4, 0.5) is 0 Å². The van der Waals surface area contributed by atoms with Crippen LogP contribution in [0.5, 0.6) is 0 Å². The third kappa shape index (κ3) is 2.80. The van der Waals surface area contributed by atoms with Crippen molar-refractivity contribution in [2.45, 2.75) is 26.2 Å². The topological polar surface area (TPSA) is 29.7 Å². The number of fused-ring (bicyclic) bond motifs is 2. The third-order valence-electron chi connectivity index (χ3n) is 5.52. The summed E-state index contributed by atoms with van der Waals surface area (Å²) in [6, 6.07) is 19.3. The molecule has 1 aliphatic carbocycles. The van der Waals surface area contributed by atoms with Crippen molar-refractivity contribution in [2.24, 2.45) is 7.05 Å².